The van der Waals surface area contributed by atoms with E-state index in [2.05, 4.69) is 10.3 Å². The van der Waals surface area contributed by atoms with Gasteiger partial charge in [-0.05, 0) is 19.8 Å². The molecule has 1 heterocycles. The fourth-order valence-corrected chi connectivity index (χ4v) is 2.33. The summed E-state index contributed by atoms with van der Waals surface area (Å²) in [5.41, 5.74) is 0.562. The second kappa shape index (κ2) is 5.35. The first-order chi connectivity index (χ1) is 8.58. The van der Waals surface area contributed by atoms with Crippen LogP contribution < -0.4 is 10.7 Å². The maximum atomic E-state index is 11.8. The molecule has 0 aromatic carbocycles. The second-order valence-electron chi connectivity index (χ2n) is 4.86. The largest absolute Gasteiger partial charge is 0.393 e. The van der Waals surface area contributed by atoms with Gasteiger partial charge in [0.15, 0.2) is 5.43 Å². The summed E-state index contributed by atoms with van der Waals surface area (Å²) in [5, 5.41) is 12.4. The van der Waals surface area contributed by atoms with Gasteiger partial charge in [0.2, 0.25) is 0 Å². The molecular weight excluding hydrogens is 232 g/mol. The van der Waals surface area contributed by atoms with Gasteiger partial charge in [0.05, 0.1) is 6.10 Å². The van der Waals surface area contributed by atoms with E-state index in [9.17, 15) is 14.7 Å². The number of carbonyl (C=O) groups is 1. The summed E-state index contributed by atoms with van der Waals surface area (Å²) in [7, 11) is 0. The Morgan fingerprint density at radius 2 is 2.33 bits per heavy atom. The van der Waals surface area contributed by atoms with Crippen molar-refractivity contribution in [2.45, 2.75) is 32.3 Å². The van der Waals surface area contributed by atoms with Gasteiger partial charge in [-0.2, -0.15) is 0 Å². The Kier molecular flexibility index (Phi) is 3.81. The van der Waals surface area contributed by atoms with Gasteiger partial charge in [-0.3, -0.25) is 9.59 Å². The van der Waals surface area contributed by atoms with Crippen LogP contribution >= 0.6 is 0 Å². The molecule has 1 aromatic heterocycles. The van der Waals surface area contributed by atoms with Crippen LogP contribution in [-0.2, 0) is 0 Å². The summed E-state index contributed by atoms with van der Waals surface area (Å²) >= 11 is 0. The molecule has 0 aliphatic heterocycles. The molecule has 18 heavy (non-hydrogen) atoms. The predicted molar refractivity (Wildman–Crippen MR) is 67.5 cm³/mol. The molecule has 1 amide bonds. The number of carbonyl (C=O) groups excluding carboxylic acids is 1. The number of hydrogen-bond donors (Lipinski definition) is 3. The van der Waals surface area contributed by atoms with E-state index in [1.165, 1.54) is 12.3 Å². The van der Waals surface area contributed by atoms with Gasteiger partial charge in [0.25, 0.3) is 5.91 Å². The van der Waals surface area contributed by atoms with Crippen molar-refractivity contribution in [1.29, 1.82) is 0 Å². The topological polar surface area (TPSA) is 82.2 Å². The number of rotatable bonds is 3. The average Bonchev–Trinajstić information content (AvgIpc) is 2.72. The van der Waals surface area contributed by atoms with Crippen molar-refractivity contribution in [3.63, 3.8) is 0 Å². The van der Waals surface area contributed by atoms with E-state index < -0.39 is 0 Å². The first-order valence-corrected chi connectivity index (χ1v) is 6.23. The Morgan fingerprint density at radius 3 is 2.94 bits per heavy atom. The van der Waals surface area contributed by atoms with Crippen molar-refractivity contribution in [2.24, 2.45) is 5.92 Å². The molecular formula is C13H18N2O3. The number of aliphatic hydroxyl groups excluding tert-OH is 1. The number of aromatic nitrogens is 1. The number of H-pyrrole nitrogens is 1. The minimum atomic E-state index is -0.379. The molecule has 1 saturated carbocycles. The Bertz CT molecular complexity index is 495. The molecule has 0 radical (unpaired) electrons. The summed E-state index contributed by atoms with van der Waals surface area (Å²) in [4.78, 5) is 26.3. The van der Waals surface area contributed by atoms with Crippen LogP contribution in [0.3, 0.4) is 0 Å². The maximum absolute atomic E-state index is 11.8. The van der Waals surface area contributed by atoms with E-state index in [1.807, 2.05) is 0 Å². The Labute approximate surface area is 105 Å². The third-order valence-electron chi connectivity index (χ3n) is 3.45. The van der Waals surface area contributed by atoms with Crippen LogP contribution in [0.4, 0.5) is 0 Å². The number of amides is 1. The fourth-order valence-electron chi connectivity index (χ4n) is 2.33. The lowest BCUT2D eigenvalue weighted by molar-refractivity contribution is 0.0915. The minimum Gasteiger partial charge on any atom is -0.393 e. The lowest BCUT2D eigenvalue weighted by atomic mass is 10.1. The number of pyridine rings is 1. The highest BCUT2D eigenvalue weighted by Crippen LogP contribution is 2.24. The molecule has 1 fully saturated rings. The lowest BCUT2D eigenvalue weighted by Gasteiger charge is -2.14. The number of hydrogen-bond acceptors (Lipinski definition) is 3. The van der Waals surface area contributed by atoms with Gasteiger partial charge in [-0.25, -0.2) is 0 Å². The van der Waals surface area contributed by atoms with Crippen molar-refractivity contribution in [1.82, 2.24) is 10.3 Å². The highest BCUT2D eigenvalue weighted by molar-refractivity contribution is 5.93. The molecule has 1 aliphatic rings. The van der Waals surface area contributed by atoms with Crippen LogP contribution in [0.25, 0.3) is 0 Å². The van der Waals surface area contributed by atoms with Gasteiger partial charge < -0.3 is 15.4 Å². The van der Waals surface area contributed by atoms with E-state index >= 15 is 0 Å². The lowest BCUT2D eigenvalue weighted by Crippen LogP contribution is -2.34. The molecule has 2 atom stereocenters. The second-order valence-corrected chi connectivity index (χ2v) is 4.86. The molecule has 0 bridgehead atoms. The zero-order chi connectivity index (χ0) is 13.1. The van der Waals surface area contributed by atoms with Crippen molar-refractivity contribution in [2.75, 3.05) is 6.54 Å². The summed E-state index contributed by atoms with van der Waals surface area (Å²) in [5.74, 6) is -0.270. The molecule has 1 aliphatic carbocycles. The van der Waals surface area contributed by atoms with Gasteiger partial charge in [-0.15, -0.1) is 0 Å². The number of aryl methyl sites for hydroxylation is 1. The normalized spacial score (nSPS) is 23.0. The third-order valence-corrected chi connectivity index (χ3v) is 3.45. The van der Waals surface area contributed by atoms with Crippen LogP contribution in [-0.4, -0.2) is 28.6 Å². The number of aliphatic hydroxyl groups is 1. The maximum Gasteiger partial charge on any atom is 0.256 e. The SMILES string of the molecule is Cc1cc(=O)c(C(=O)NCC2CCCC2O)c[nH]1. The highest BCUT2D eigenvalue weighted by atomic mass is 16.3. The number of nitrogens with one attached hydrogen (secondary N) is 2. The van der Waals surface area contributed by atoms with E-state index in [1.54, 1.807) is 6.92 Å². The molecule has 5 nitrogen and oxygen atoms in total. The zero-order valence-corrected chi connectivity index (χ0v) is 10.4. The molecule has 1 aromatic rings. The average molecular weight is 250 g/mol. The van der Waals surface area contributed by atoms with Crippen molar-refractivity contribution < 1.29 is 9.90 Å². The summed E-state index contributed by atoms with van der Waals surface area (Å²) < 4.78 is 0. The van der Waals surface area contributed by atoms with Gasteiger partial charge in [0.1, 0.15) is 5.56 Å². The van der Waals surface area contributed by atoms with E-state index in [0.717, 1.165) is 25.0 Å². The van der Waals surface area contributed by atoms with E-state index in [0.29, 0.717) is 6.54 Å². The summed E-state index contributed by atoms with van der Waals surface area (Å²) in [6, 6.07) is 1.40. The Morgan fingerprint density at radius 1 is 1.56 bits per heavy atom. The van der Waals surface area contributed by atoms with E-state index in [4.69, 9.17) is 0 Å². The molecule has 0 spiro atoms. The molecule has 2 rings (SSSR count). The van der Waals surface area contributed by atoms with Crippen LogP contribution in [0.2, 0.25) is 0 Å². The first-order valence-electron chi connectivity index (χ1n) is 6.23. The van der Waals surface area contributed by atoms with Crippen molar-refractivity contribution in [3.05, 3.63) is 33.7 Å². The van der Waals surface area contributed by atoms with Crippen molar-refractivity contribution in [3.8, 4) is 0 Å². The molecule has 3 N–H and O–H groups in total. The van der Waals surface area contributed by atoms with Crippen LogP contribution in [0.5, 0.6) is 0 Å². The molecule has 5 heteroatoms. The predicted octanol–water partition coefficient (Wildman–Crippen LogP) is 0.574. The van der Waals surface area contributed by atoms with Gasteiger partial charge in [0, 0.05) is 30.4 Å². The third kappa shape index (κ3) is 2.79. The minimum absolute atomic E-state index is 0.110. The number of aromatic amines is 1. The Balaban J connectivity index is 1.97. The van der Waals surface area contributed by atoms with Gasteiger partial charge in [-0.1, -0.05) is 6.42 Å². The van der Waals surface area contributed by atoms with Crippen molar-refractivity contribution >= 4 is 5.91 Å². The standard InChI is InChI=1S/C13H18N2O3/c1-8-5-12(17)10(7-14-8)13(18)15-6-9-3-2-4-11(9)16/h5,7,9,11,16H,2-4,6H2,1H3,(H,14,17)(H,15,18). The van der Waals surface area contributed by atoms with Crippen LogP contribution in [0.15, 0.2) is 17.1 Å². The zero-order valence-electron chi connectivity index (χ0n) is 10.4. The van der Waals surface area contributed by atoms with E-state index in [-0.39, 0.29) is 28.9 Å². The molecule has 98 valence electrons. The molecule has 2 unspecified atom stereocenters. The Hall–Kier alpha value is -1.62. The van der Waals surface area contributed by atoms with Crippen LogP contribution in [0, 0.1) is 12.8 Å². The van der Waals surface area contributed by atoms with Gasteiger partial charge >= 0.3 is 0 Å². The smallest absolute Gasteiger partial charge is 0.256 e. The molecule has 0 saturated heterocycles. The fraction of sp³-hybridized carbons (Fsp3) is 0.538. The quantitative estimate of drug-likeness (QED) is 0.733. The highest BCUT2D eigenvalue weighted by Gasteiger charge is 2.25. The van der Waals surface area contributed by atoms with Crippen LogP contribution in [0.1, 0.15) is 35.3 Å². The first kappa shape index (κ1) is 12.8. The monoisotopic (exact) mass is 250 g/mol. The summed E-state index contributed by atoms with van der Waals surface area (Å²) in [6.07, 6.45) is 3.81. The summed E-state index contributed by atoms with van der Waals surface area (Å²) in [6.45, 7) is 2.19.